The number of primary amides is 1. The number of rotatable bonds is 21. The highest BCUT2D eigenvalue weighted by molar-refractivity contribution is 7.25. The van der Waals surface area contributed by atoms with Crippen LogP contribution in [0.5, 0.6) is 11.5 Å². The highest BCUT2D eigenvalue weighted by atomic mass is 32.1. The number of nitrogens with zero attached hydrogens (tertiary/aromatic N) is 3. The van der Waals surface area contributed by atoms with Crippen molar-refractivity contribution in [2.75, 3.05) is 48.8 Å². The first-order valence-electron chi connectivity index (χ1n) is 34.9. The van der Waals surface area contributed by atoms with E-state index in [9.17, 15) is 58.2 Å². The lowest BCUT2D eigenvalue weighted by atomic mass is 9.82. The SMILES string of the molecule is CO[C@H]1/C=C/O[C@@]2(C)Oc3c(C)c(=O)c4c(O)c(c5sc6cc(N7CCC(NC(=O)OCc8ccc(NC(=O)[C@H](CCCNC(N)=O)NC(=O)[C@@H](NC(=O)CCCCCN9C(=O)C=CC9=O)C(C)C)cc8)CC7)ccc6nc5c4c3C2=O)NC(=O)/C(C)=C\C=C\[C@H](C)C[C@@H](C)C[C@@H](C)[C@H](O)[C@@H]1C. The normalized spacial score (nSPS) is 23.1. The zero-order chi connectivity index (χ0) is 73.9. The van der Waals surface area contributed by atoms with Crippen LogP contribution in [0.1, 0.15) is 141 Å². The van der Waals surface area contributed by atoms with Gasteiger partial charge in [0.15, 0.2) is 11.2 Å². The van der Waals surface area contributed by atoms with Gasteiger partial charge in [-0.1, -0.05) is 78.3 Å². The first-order valence-corrected chi connectivity index (χ1v) is 35.7. The van der Waals surface area contributed by atoms with E-state index in [0.29, 0.717) is 72.2 Å². The molecule has 0 saturated carbocycles. The number of imide groups is 1. The van der Waals surface area contributed by atoms with E-state index in [4.69, 9.17) is 29.7 Å². The molecule has 102 heavy (non-hydrogen) atoms. The molecule has 1 saturated heterocycles. The van der Waals surface area contributed by atoms with E-state index < -0.39 is 76.9 Å². The summed E-state index contributed by atoms with van der Waals surface area (Å²) in [6, 6.07) is 9.24. The Hall–Kier alpha value is -9.73. The minimum atomic E-state index is -1.98. The number of phenols is 1. The van der Waals surface area contributed by atoms with Crippen molar-refractivity contribution >= 4 is 113 Å². The molecule has 1 fully saturated rings. The summed E-state index contributed by atoms with van der Waals surface area (Å²) in [6.07, 6.45) is 13.6. The third-order valence-corrected chi connectivity index (χ3v) is 20.5. The number of alkyl carbamates (subject to hydrolysis) is 1. The molecule has 0 spiro atoms. The van der Waals surface area contributed by atoms with Crippen molar-refractivity contribution < 1.29 is 72.3 Å². The topological polar surface area (TPSA) is 366 Å². The molecule has 9 amide bonds. The number of urea groups is 1. The van der Waals surface area contributed by atoms with E-state index in [-0.39, 0.29) is 136 Å². The number of aromatic nitrogens is 1. The Kier molecular flexibility index (Phi) is 25.4. The number of amides is 9. The lowest BCUT2D eigenvalue weighted by molar-refractivity contribution is -0.137. The number of hydrogen-bond acceptors (Lipinski definition) is 19. The maximum atomic E-state index is 14.9. The van der Waals surface area contributed by atoms with Crippen LogP contribution < -0.4 is 52.7 Å². The van der Waals surface area contributed by atoms with Crippen LogP contribution >= 0.6 is 11.3 Å². The second kappa shape index (κ2) is 33.8. The number of allylic oxidation sites excluding steroid dienone is 3. The molecule has 1 aromatic heterocycles. The average molecular weight is 1420 g/mol. The number of nitrogens with two attached hydrogens (primary N) is 1. The molecule has 4 aliphatic rings. The molecule has 10 N–H and O–H groups in total. The van der Waals surface area contributed by atoms with Crippen LogP contribution in [0, 0.1) is 36.5 Å². The van der Waals surface area contributed by atoms with Crippen molar-refractivity contribution in [3.05, 3.63) is 118 Å². The van der Waals surface area contributed by atoms with Gasteiger partial charge in [0.25, 0.3) is 23.5 Å². The van der Waals surface area contributed by atoms with Crippen LogP contribution in [-0.2, 0) is 49.6 Å². The summed E-state index contributed by atoms with van der Waals surface area (Å²) in [5.41, 5.74) is 7.37. The fraction of sp³-hybridized carbons (Fsp3) is 0.480. The smallest absolute Gasteiger partial charge is 0.407 e. The van der Waals surface area contributed by atoms with E-state index in [1.165, 1.54) is 50.7 Å². The Labute approximate surface area is 596 Å². The van der Waals surface area contributed by atoms with Crippen LogP contribution in [-0.4, -0.2) is 143 Å². The Morgan fingerprint density at radius 2 is 1.61 bits per heavy atom. The largest absolute Gasteiger partial charge is 0.505 e. The number of piperidine rings is 1. The number of ketones is 1. The molecule has 9 rings (SSSR count). The van der Waals surface area contributed by atoms with Crippen molar-refractivity contribution in [3.8, 4) is 11.5 Å². The standard InChI is InChI=1S/C75H94N10O16S/c1-40(2)61(82-55(86)19-12-11-13-32-85-56(87)26-27-57(85)88)72(95)81-52(18-15-31-77-73(76)96)71(94)78-48-22-20-47(21-23-48)39-99-74(97)79-49-28-33-84(34-29-49)50-24-25-51-54(38-50)102-68-62(80-51)58-59-65(90)46(8)67-60(58)69(92)75(9,101-67)100-35-30-53(98-10)45(7)64(89)44(6)37-42(4)36-41(3)16-14-17-43(5)70(93)83-63(68)66(59)91/h14,16-17,20-27,30,35,38,40-42,44-45,49,52-53,61,64,89,91H,11-13,15,18-19,28-29,31-34,36-37,39H2,1-10H3,(H,78,94)(H,79,97)(H,81,95)(H,82,86)(H,83,93)(H3,76,77,96)/b16-14+,35-30+,43-17-/t41-,42+,44+,45+,52-,53-,61-,64-,75-/m0/s1. The van der Waals surface area contributed by atoms with Crippen LogP contribution in [0.15, 0.2) is 95.6 Å². The van der Waals surface area contributed by atoms with Gasteiger partial charge in [-0.15, -0.1) is 11.3 Å². The maximum Gasteiger partial charge on any atom is 0.407 e. The summed E-state index contributed by atoms with van der Waals surface area (Å²) < 4.78 is 24.9. The Morgan fingerprint density at radius 3 is 2.29 bits per heavy atom. The molecule has 4 bridgehead atoms. The average Bonchev–Trinajstić information content (AvgIpc) is 1.44. The molecule has 27 heteroatoms. The van der Waals surface area contributed by atoms with Crippen LogP contribution in [0.4, 0.5) is 26.7 Å². The second-order valence-electron chi connectivity index (χ2n) is 27.7. The van der Waals surface area contributed by atoms with E-state index in [0.717, 1.165) is 23.4 Å². The molecule has 9 atom stereocenters. The van der Waals surface area contributed by atoms with Crippen LogP contribution in [0.2, 0.25) is 0 Å². The predicted molar refractivity (Wildman–Crippen MR) is 389 cm³/mol. The fourth-order valence-electron chi connectivity index (χ4n) is 13.5. The summed E-state index contributed by atoms with van der Waals surface area (Å²) in [7, 11) is 1.53. The summed E-state index contributed by atoms with van der Waals surface area (Å²) in [5.74, 6) is -6.44. The zero-order valence-electron chi connectivity index (χ0n) is 59.4. The quantitative estimate of drug-likeness (QED) is 0.0109. The first-order chi connectivity index (χ1) is 48.5. The molecule has 4 aliphatic heterocycles. The summed E-state index contributed by atoms with van der Waals surface area (Å²) in [6.45, 7) is 17.6. The van der Waals surface area contributed by atoms with Gasteiger partial charge in [-0.25, -0.2) is 14.6 Å². The minimum Gasteiger partial charge on any atom is -0.505 e. The van der Waals surface area contributed by atoms with E-state index >= 15 is 0 Å². The van der Waals surface area contributed by atoms with E-state index in [1.54, 1.807) is 57.2 Å². The fourth-order valence-corrected chi connectivity index (χ4v) is 14.6. The first kappa shape index (κ1) is 76.4. The second-order valence-corrected chi connectivity index (χ2v) is 28.7. The summed E-state index contributed by atoms with van der Waals surface area (Å²) in [5, 5.41) is 40.5. The van der Waals surface area contributed by atoms with Gasteiger partial charge in [-0.05, 0) is 131 Å². The Morgan fingerprint density at radius 1 is 0.892 bits per heavy atom. The number of carbonyl (C=O) groups is 9. The molecule has 546 valence electrons. The van der Waals surface area contributed by atoms with Gasteiger partial charge in [0.2, 0.25) is 17.7 Å². The molecule has 4 aromatic carbocycles. The highest BCUT2D eigenvalue weighted by Gasteiger charge is 2.49. The Balaban J connectivity index is 0.852. The van der Waals surface area contributed by atoms with Gasteiger partial charge in [0.1, 0.15) is 30.1 Å². The third-order valence-electron chi connectivity index (χ3n) is 19.3. The number of nitrogens with one attached hydrogen (secondary N) is 6. The van der Waals surface area contributed by atoms with Crippen LogP contribution in [0.3, 0.4) is 0 Å². The molecule has 0 radical (unpaired) electrons. The summed E-state index contributed by atoms with van der Waals surface area (Å²) >= 11 is 1.21. The molecule has 5 heterocycles. The van der Waals surface area contributed by atoms with Gasteiger partial charge < -0.3 is 71.7 Å². The van der Waals surface area contributed by atoms with Crippen molar-refractivity contribution in [1.82, 2.24) is 31.2 Å². The van der Waals surface area contributed by atoms with Gasteiger partial charge in [-0.3, -0.25) is 43.3 Å². The number of aromatic hydroxyl groups is 1. The number of phenolic OH excluding ortho intramolecular Hbond substituents is 1. The summed E-state index contributed by atoms with van der Waals surface area (Å²) in [4.78, 5) is 141. The maximum absolute atomic E-state index is 14.9. The monoisotopic (exact) mass is 1420 g/mol. The van der Waals surface area contributed by atoms with Crippen molar-refractivity contribution in [2.45, 2.75) is 169 Å². The van der Waals surface area contributed by atoms with E-state index in [1.807, 2.05) is 44.2 Å². The third kappa shape index (κ3) is 18.3. The number of anilines is 3. The van der Waals surface area contributed by atoms with Crippen molar-refractivity contribution in [3.63, 3.8) is 0 Å². The van der Waals surface area contributed by atoms with Gasteiger partial charge in [-0.2, -0.15) is 0 Å². The lowest BCUT2D eigenvalue weighted by Crippen LogP contribution is -2.54. The lowest BCUT2D eigenvalue weighted by Gasteiger charge is -2.33. The van der Waals surface area contributed by atoms with E-state index in [2.05, 4.69) is 50.6 Å². The number of aliphatic hydroxyl groups is 1. The molecular formula is C75H94N10O16S. The van der Waals surface area contributed by atoms with Gasteiger partial charge in [0.05, 0.1) is 49.9 Å². The number of hydrogen-bond donors (Lipinski definition) is 9. The van der Waals surface area contributed by atoms with Crippen molar-refractivity contribution in [1.29, 1.82) is 0 Å². The minimum absolute atomic E-state index is 0.0244. The number of aliphatic hydroxyl groups excluding tert-OH is 1. The highest BCUT2D eigenvalue weighted by Crippen LogP contribution is 2.50. The molecular weight excluding hydrogens is 1330 g/mol. The number of fused-ring (bicyclic) bond motifs is 2. The van der Waals surface area contributed by atoms with Crippen LogP contribution in [0.25, 0.3) is 31.2 Å². The van der Waals surface area contributed by atoms with Crippen molar-refractivity contribution in [2.24, 2.45) is 35.3 Å². The molecule has 5 aromatic rings. The number of carbonyl (C=O) groups excluding carboxylic acids is 9. The zero-order valence-corrected chi connectivity index (χ0v) is 60.2. The molecule has 0 unspecified atom stereocenters. The number of benzene rings is 4. The van der Waals surface area contributed by atoms with Gasteiger partial charge >= 0.3 is 17.9 Å². The van der Waals surface area contributed by atoms with Gasteiger partial charge in [0, 0.05) is 98.6 Å². The molecule has 26 nitrogen and oxygen atoms in total. The number of unbranched alkanes of at least 4 members (excludes halogenated alkanes) is 2. The number of methoxy groups -OCH3 is 1. The molecule has 0 aliphatic carbocycles. The predicted octanol–water partition coefficient (Wildman–Crippen LogP) is 9.35. The number of Topliss-reactive ketones (excluding diaryl/α,β-unsaturated/α-hetero) is 1. The Bertz CT molecular complexity index is 4200. The number of ether oxygens (including phenoxy) is 4.